The molecule has 1 amide bonds. The van der Waals surface area contributed by atoms with Gasteiger partial charge in [0.2, 0.25) is 5.91 Å². The summed E-state index contributed by atoms with van der Waals surface area (Å²) >= 11 is 0. The van der Waals surface area contributed by atoms with Gasteiger partial charge in [0.15, 0.2) is 0 Å². The number of hydrogen-bond donors (Lipinski definition) is 1. The van der Waals surface area contributed by atoms with E-state index >= 15 is 0 Å². The lowest BCUT2D eigenvalue weighted by Crippen LogP contribution is -2.31. The highest BCUT2D eigenvalue weighted by atomic mass is 16.5. The van der Waals surface area contributed by atoms with Crippen LogP contribution in [0.25, 0.3) is 0 Å². The minimum absolute atomic E-state index is 0.300. The van der Waals surface area contributed by atoms with Gasteiger partial charge in [0.1, 0.15) is 5.92 Å². The summed E-state index contributed by atoms with van der Waals surface area (Å²) in [7, 11) is 0. The van der Waals surface area contributed by atoms with E-state index < -0.39 is 5.92 Å². The van der Waals surface area contributed by atoms with Crippen LogP contribution in [0.15, 0.2) is 43.0 Å². The van der Waals surface area contributed by atoms with Gasteiger partial charge in [-0.1, -0.05) is 36.4 Å². The summed E-state index contributed by atoms with van der Waals surface area (Å²) in [6.45, 7) is 4.77. The predicted octanol–water partition coefficient (Wildman–Crippen LogP) is 1.61. The first kappa shape index (κ1) is 13.9. The number of nitriles is 1. The van der Waals surface area contributed by atoms with Gasteiger partial charge in [-0.2, -0.15) is 5.26 Å². The zero-order valence-corrected chi connectivity index (χ0v) is 10.1. The fourth-order valence-electron chi connectivity index (χ4n) is 1.45. The van der Waals surface area contributed by atoms with Crippen molar-refractivity contribution in [3.05, 3.63) is 48.6 Å². The zero-order valence-electron chi connectivity index (χ0n) is 10.1. The number of carbonyl (C=O) groups is 1. The highest BCUT2D eigenvalue weighted by Gasteiger charge is 2.18. The number of nitrogens with zero attached hydrogens (tertiary/aromatic N) is 1. The molecule has 18 heavy (non-hydrogen) atoms. The van der Waals surface area contributed by atoms with E-state index in [0.29, 0.717) is 25.3 Å². The van der Waals surface area contributed by atoms with Gasteiger partial charge >= 0.3 is 0 Å². The number of ether oxygens (including phenoxy) is 1. The van der Waals surface area contributed by atoms with Gasteiger partial charge in [-0.05, 0) is 5.56 Å². The average molecular weight is 244 g/mol. The topological polar surface area (TPSA) is 62.1 Å². The molecular formula is C14H16N2O2. The number of hydrogen-bond acceptors (Lipinski definition) is 3. The number of benzene rings is 1. The SMILES string of the molecule is C=CCOCCNC(=O)C(C#N)c1ccccc1. The molecule has 0 spiro atoms. The minimum atomic E-state index is -0.773. The molecule has 0 fully saturated rings. The van der Waals surface area contributed by atoms with E-state index in [2.05, 4.69) is 11.9 Å². The van der Waals surface area contributed by atoms with Crippen molar-refractivity contribution in [1.29, 1.82) is 5.26 Å². The second-order valence-electron chi connectivity index (χ2n) is 3.63. The molecule has 1 aromatic rings. The van der Waals surface area contributed by atoms with Crippen LogP contribution in [0, 0.1) is 11.3 Å². The van der Waals surface area contributed by atoms with Crippen LogP contribution in [-0.2, 0) is 9.53 Å². The Kier molecular flexibility index (Phi) is 6.23. The van der Waals surface area contributed by atoms with Gasteiger partial charge in [0.25, 0.3) is 0 Å². The normalized spacial score (nSPS) is 11.3. The lowest BCUT2D eigenvalue weighted by atomic mass is 10.00. The number of nitrogens with one attached hydrogen (secondary N) is 1. The molecule has 1 N–H and O–H groups in total. The second-order valence-corrected chi connectivity index (χ2v) is 3.63. The van der Waals surface area contributed by atoms with Crippen LogP contribution >= 0.6 is 0 Å². The first-order valence-corrected chi connectivity index (χ1v) is 5.70. The molecule has 1 atom stereocenters. The maximum atomic E-state index is 11.8. The lowest BCUT2D eigenvalue weighted by Gasteiger charge is -2.10. The van der Waals surface area contributed by atoms with Crippen molar-refractivity contribution in [3.8, 4) is 6.07 Å². The Morgan fingerprint density at radius 2 is 2.22 bits per heavy atom. The van der Waals surface area contributed by atoms with Gasteiger partial charge < -0.3 is 10.1 Å². The lowest BCUT2D eigenvalue weighted by molar-refractivity contribution is -0.121. The molecule has 1 rings (SSSR count). The molecule has 4 nitrogen and oxygen atoms in total. The molecule has 1 aromatic carbocycles. The summed E-state index contributed by atoms with van der Waals surface area (Å²) in [6, 6.07) is 11.0. The smallest absolute Gasteiger partial charge is 0.241 e. The summed E-state index contributed by atoms with van der Waals surface area (Å²) < 4.78 is 5.14. The van der Waals surface area contributed by atoms with Crippen molar-refractivity contribution >= 4 is 5.91 Å². The Labute approximate surface area is 107 Å². The van der Waals surface area contributed by atoms with E-state index in [4.69, 9.17) is 10.00 Å². The molecule has 0 radical (unpaired) electrons. The number of rotatable bonds is 7. The summed E-state index contributed by atoms with van der Waals surface area (Å²) in [5.41, 5.74) is 0.699. The fourth-order valence-corrected chi connectivity index (χ4v) is 1.45. The van der Waals surface area contributed by atoms with E-state index in [1.807, 2.05) is 12.1 Å². The van der Waals surface area contributed by atoms with Crippen molar-refractivity contribution < 1.29 is 9.53 Å². The molecule has 0 heterocycles. The molecule has 0 bridgehead atoms. The molecular weight excluding hydrogens is 228 g/mol. The molecule has 0 aliphatic heterocycles. The third kappa shape index (κ3) is 4.40. The first-order valence-electron chi connectivity index (χ1n) is 5.70. The van der Waals surface area contributed by atoms with Crippen molar-refractivity contribution in [3.63, 3.8) is 0 Å². The fraction of sp³-hybridized carbons (Fsp3) is 0.286. The Bertz CT molecular complexity index is 423. The standard InChI is InChI=1S/C14H16N2O2/c1-2-9-18-10-8-16-14(17)13(11-15)12-6-4-3-5-7-12/h2-7,13H,1,8-10H2,(H,16,17). The molecule has 0 aliphatic rings. The Balaban J connectivity index is 2.44. The minimum Gasteiger partial charge on any atom is -0.376 e. The van der Waals surface area contributed by atoms with Crippen LogP contribution in [0.3, 0.4) is 0 Å². The van der Waals surface area contributed by atoms with E-state index in [1.165, 1.54) is 0 Å². The number of amides is 1. The molecule has 94 valence electrons. The first-order chi connectivity index (χ1) is 8.79. The summed E-state index contributed by atoms with van der Waals surface area (Å²) in [5, 5.41) is 11.7. The number of carbonyl (C=O) groups excluding carboxylic acids is 1. The quantitative estimate of drug-likeness (QED) is 0.585. The van der Waals surface area contributed by atoms with Crippen molar-refractivity contribution in [2.75, 3.05) is 19.8 Å². The van der Waals surface area contributed by atoms with Gasteiger partial charge in [-0.3, -0.25) is 4.79 Å². The monoisotopic (exact) mass is 244 g/mol. The van der Waals surface area contributed by atoms with Crippen LogP contribution in [0.4, 0.5) is 0 Å². The molecule has 0 saturated heterocycles. The molecule has 4 heteroatoms. The van der Waals surface area contributed by atoms with E-state index in [0.717, 1.165) is 0 Å². The Morgan fingerprint density at radius 3 is 2.83 bits per heavy atom. The summed E-state index contributed by atoms with van der Waals surface area (Å²) in [5.74, 6) is -1.07. The maximum Gasteiger partial charge on any atom is 0.241 e. The van der Waals surface area contributed by atoms with Gasteiger partial charge in [0.05, 0.1) is 19.3 Å². The van der Waals surface area contributed by atoms with Crippen LogP contribution < -0.4 is 5.32 Å². The largest absolute Gasteiger partial charge is 0.376 e. The Morgan fingerprint density at radius 1 is 1.50 bits per heavy atom. The highest BCUT2D eigenvalue weighted by molar-refractivity contribution is 5.86. The summed E-state index contributed by atoms with van der Waals surface area (Å²) in [6.07, 6.45) is 1.64. The third-order valence-electron chi connectivity index (χ3n) is 2.31. The van der Waals surface area contributed by atoms with E-state index in [9.17, 15) is 4.79 Å². The highest BCUT2D eigenvalue weighted by Crippen LogP contribution is 2.14. The van der Waals surface area contributed by atoms with Crippen LogP contribution in [0.5, 0.6) is 0 Å². The van der Waals surface area contributed by atoms with Crippen molar-refractivity contribution in [2.24, 2.45) is 0 Å². The third-order valence-corrected chi connectivity index (χ3v) is 2.31. The zero-order chi connectivity index (χ0) is 13.2. The van der Waals surface area contributed by atoms with E-state index in [-0.39, 0.29) is 5.91 Å². The van der Waals surface area contributed by atoms with E-state index in [1.54, 1.807) is 30.3 Å². The Hall–Kier alpha value is -2.12. The van der Waals surface area contributed by atoms with Crippen LogP contribution in [0.1, 0.15) is 11.5 Å². The van der Waals surface area contributed by atoms with Gasteiger partial charge in [0, 0.05) is 6.54 Å². The second kappa shape index (κ2) is 8.04. The van der Waals surface area contributed by atoms with Crippen molar-refractivity contribution in [2.45, 2.75) is 5.92 Å². The predicted molar refractivity (Wildman–Crippen MR) is 68.8 cm³/mol. The molecule has 0 saturated carbocycles. The molecule has 1 unspecified atom stereocenters. The van der Waals surface area contributed by atoms with Gasteiger partial charge in [-0.25, -0.2) is 0 Å². The van der Waals surface area contributed by atoms with Crippen LogP contribution in [-0.4, -0.2) is 25.7 Å². The van der Waals surface area contributed by atoms with Gasteiger partial charge in [-0.15, -0.1) is 6.58 Å². The maximum absolute atomic E-state index is 11.8. The molecule has 0 aliphatic carbocycles. The molecule has 0 aromatic heterocycles. The average Bonchev–Trinajstić information content (AvgIpc) is 2.40. The van der Waals surface area contributed by atoms with Crippen LogP contribution in [0.2, 0.25) is 0 Å². The van der Waals surface area contributed by atoms with Crippen molar-refractivity contribution in [1.82, 2.24) is 5.32 Å². The summed E-state index contributed by atoms with van der Waals surface area (Å²) in [4.78, 5) is 11.8.